The second-order valence-corrected chi connectivity index (χ2v) is 4.15. The van der Waals surface area contributed by atoms with Crippen molar-refractivity contribution in [2.45, 2.75) is 19.4 Å². The molecule has 0 atom stereocenters. The van der Waals surface area contributed by atoms with Gasteiger partial charge in [-0.15, -0.1) is 0 Å². The van der Waals surface area contributed by atoms with Crippen LogP contribution in [0.15, 0.2) is 17.2 Å². The molecule has 0 bridgehead atoms. The van der Waals surface area contributed by atoms with Crippen LogP contribution >= 0.6 is 11.6 Å². The summed E-state index contributed by atoms with van der Waals surface area (Å²) < 4.78 is 6.88. The predicted octanol–water partition coefficient (Wildman–Crippen LogP) is 1.32. The monoisotopic (exact) mass is 228 g/mol. The fraction of sp³-hybridized carbons (Fsp3) is 0.600. The molecule has 15 heavy (non-hydrogen) atoms. The second-order valence-electron chi connectivity index (χ2n) is 3.76. The van der Waals surface area contributed by atoms with Gasteiger partial charge in [0.05, 0.1) is 6.33 Å². The maximum absolute atomic E-state index is 11.5. The van der Waals surface area contributed by atoms with Gasteiger partial charge in [0.2, 0.25) is 0 Å². The number of hydrogen-bond donors (Lipinski definition) is 0. The molecule has 0 spiro atoms. The molecule has 2 rings (SSSR count). The summed E-state index contributed by atoms with van der Waals surface area (Å²) in [6, 6.07) is 1.35. The third kappa shape index (κ3) is 2.79. The van der Waals surface area contributed by atoms with Crippen LogP contribution in [0.4, 0.5) is 0 Å². The van der Waals surface area contributed by atoms with Crippen molar-refractivity contribution in [3.05, 3.63) is 27.9 Å². The Morgan fingerprint density at radius 2 is 2.27 bits per heavy atom. The molecule has 0 radical (unpaired) electrons. The average Bonchev–Trinajstić information content (AvgIpc) is 2.24. The van der Waals surface area contributed by atoms with Gasteiger partial charge in [0.15, 0.2) is 0 Å². The summed E-state index contributed by atoms with van der Waals surface area (Å²) in [5.74, 6) is 0.513. The van der Waals surface area contributed by atoms with Gasteiger partial charge in [-0.1, -0.05) is 11.6 Å². The maximum Gasteiger partial charge on any atom is 0.254 e. The zero-order valence-corrected chi connectivity index (χ0v) is 9.11. The summed E-state index contributed by atoms with van der Waals surface area (Å²) in [4.78, 5) is 15.4. The van der Waals surface area contributed by atoms with E-state index in [1.165, 1.54) is 12.4 Å². The molecule has 4 nitrogen and oxygen atoms in total. The zero-order valence-electron chi connectivity index (χ0n) is 8.36. The lowest BCUT2D eigenvalue weighted by atomic mass is 10.0. The molecule has 0 amide bonds. The highest BCUT2D eigenvalue weighted by Crippen LogP contribution is 2.15. The number of ether oxygens (including phenoxy) is 1. The Kier molecular flexibility index (Phi) is 3.38. The number of rotatable bonds is 2. The van der Waals surface area contributed by atoms with E-state index in [2.05, 4.69) is 4.98 Å². The Labute approximate surface area is 92.8 Å². The Morgan fingerprint density at radius 3 is 2.93 bits per heavy atom. The Hall–Kier alpha value is -0.870. The quantitative estimate of drug-likeness (QED) is 0.718. The van der Waals surface area contributed by atoms with Gasteiger partial charge in [0.1, 0.15) is 5.15 Å². The fourth-order valence-electron chi connectivity index (χ4n) is 1.75. The summed E-state index contributed by atoms with van der Waals surface area (Å²) in [7, 11) is 0. The summed E-state index contributed by atoms with van der Waals surface area (Å²) in [6.07, 6.45) is 3.53. The highest BCUT2D eigenvalue weighted by Gasteiger charge is 2.14. The predicted molar refractivity (Wildman–Crippen MR) is 57.1 cm³/mol. The highest BCUT2D eigenvalue weighted by atomic mass is 35.5. The van der Waals surface area contributed by atoms with E-state index in [0.717, 1.165) is 26.1 Å². The molecule has 1 aromatic rings. The third-order valence-electron chi connectivity index (χ3n) is 2.64. The van der Waals surface area contributed by atoms with Crippen LogP contribution in [0.3, 0.4) is 0 Å². The summed E-state index contributed by atoms with van der Waals surface area (Å²) in [6.45, 7) is 2.30. The normalized spacial score (nSPS) is 17.9. The lowest BCUT2D eigenvalue weighted by Gasteiger charge is -2.22. The van der Waals surface area contributed by atoms with Gasteiger partial charge in [-0.2, -0.15) is 0 Å². The van der Waals surface area contributed by atoms with Gasteiger partial charge in [0.25, 0.3) is 5.56 Å². The molecule has 1 aliphatic heterocycles. The molecule has 5 heteroatoms. The molecule has 0 N–H and O–H groups in total. The van der Waals surface area contributed by atoms with E-state index in [9.17, 15) is 4.79 Å². The first kappa shape index (κ1) is 10.6. The minimum atomic E-state index is -0.0820. The summed E-state index contributed by atoms with van der Waals surface area (Å²) >= 11 is 5.62. The molecule has 82 valence electrons. The minimum absolute atomic E-state index is 0.0820. The Morgan fingerprint density at radius 1 is 1.53 bits per heavy atom. The molecule has 1 fully saturated rings. The van der Waals surface area contributed by atoms with Crippen molar-refractivity contribution >= 4 is 11.6 Å². The maximum atomic E-state index is 11.5. The van der Waals surface area contributed by atoms with Crippen LogP contribution in [0.25, 0.3) is 0 Å². The van der Waals surface area contributed by atoms with E-state index >= 15 is 0 Å². The van der Waals surface area contributed by atoms with E-state index < -0.39 is 0 Å². The number of hydrogen-bond acceptors (Lipinski definition) is 3. The smallest absolute Gasteiger partial charge is 0.254 e. The SMILES string of the molecule is O=c1cc(Cl)ncn1CC1CCOCC1. The van der Waals surface area contributed by atoms with Crippen molar-refractivity contribution in [3.63, 3.8) is 0 Å². The molecular formula is C10H13ClN2O2. The Balaban J connectivity index is 2.06. The van der Waals surface area contributed by atoms with Crippen molar-refractivity contribution < 1.29 is 4.74 Å². The fourth-order valence-corrected chi connectivity index (χ4v) is 1.89. The number of nitrogens with zero attached hydrogens (tertiary/aromatic N) is 2. The molecule has 0 aliphatic carbocycles. The van der Waals surface area contributed by atoms with Crippen LogP contribution in [0.1, 0.15) is 12.8 Å². The van der Waals surface area contributed by atoms with Crippen molar-refractivity contribution in [2.75, 3.05) is 13.2 Å². The summed E-state index contributed by atoms with van der Waals surface area (Å²) in [5.41, 5.74) is -0.0820. The van der Waals surface area contributed by atoms with Crippen molar-refractivity contribution in [1.29, 1.82) is 0 Å². The molecule has 0 unspecified atom stereocenters. The van der Waals surface area contributed by atoms with Gasteiger partial charge in [-0.25, -0.2) is 4.98 Å². The van der Waals surface area contributed by atoms with E-state index in [1.807, 2.05) is 0 Å². The lowest BCUT2D eigenvalue weighted by molar-refractivity contribution is 0.0608. The number of aromatic nitrogens is 2. The number of halogens is 1. The largest absolute Gasteiger partial charge is 0.381 e. The van der Waals surface area contributed by atoms with Crippen molar-refractivity contribution in [2.24, 2.45) is 5.92 Å². The average molecular weight is 229 g/mol. The van der Waals surface area contributed by atoms with Gasteiger partial charge >= 0.3 is 0 Å². The molecular weight excluding hydrogens is 216 g/mol. The highest BCUT2D eigenvalue weighted by molar-refractivity contribution is 6.29. The summed E-state index contributed by atoms with van der Waals surface area (Å²) in [5, 5.41) is 0.253. The van der Waals surface area contributed by atoms with E-state index in [1.54, 1.807) is 4.57 Å². The van der Waals surface area contributed by atoms with Gasteiger partial charge in [-0.3, -0.25) is 9.36 Å². The van der Waals surface area contributed by atoms with Gasteiger partial charge in [0, 0.05) is 25.8 Å². The van der Waals surface area contributed by atoms with Gasteiger partial charge < -0.3 is 4.74 Å². The molecule has 0 saturated carbocycles. The third-order valence-corrected chi connectivity index (χ3v) is 2.85. The lowest BCUT2D eigenvalue weighted by Crippen LogP contribution is -2.27. The van der Waals surface area contributed by atoms with Crippen LogP contribution < -0.4 is 5.56 Å². The van der Waals surface area contributed by atoms with Crippen LogP contribution in [0.2, 0.25) is 5.15 Å². The van der Waals surface area contributed by atoms with Crippen LogP contribution in [0, 0.1) is 5.92 Å². The first-order valence-electron chi connectivity index (χ1n) is 5.05. The molecule has 1 aliphatic rings. The standard InChI is InChI=1S/C10H13ClN2O2/c11-9-5-10(14)13(7-12-9)6-8-1-3-15-4-2-8/h5,7-8H,1-4,6H2. The van der Waals surface area contributed by atoms with Gasteiger partial charge in [-0.05, 0) is 18.8 Å². The second kappa shape index (κ2) is 4.77. The van der Waals surface area contributed by atoms with Crippen LogP contribution in [-0.4, -0.2) is 22.8 Å². The van der Waals surface area contributed by atoms with Crippen molar-refractivity contribution in [1.82, 2.24) is 9.55 Å². The molecule has 1 aromatic heterocycles. The molecule has 2 heterocycles. The first-order valence-corrected chi connectivity index (χ1v) is 5.43. The minimum Gasteiger partial charge on any atom is -0.381 e. The van der Waals surface area contributed by atoms with Crippen LogP contribution in [-0.2, 0) is 11.3 Å². The van der Waals surface area contributed by atoms with E-state index in [0.29, 0.717) is 12.5 Å². The van der Waals surface area contributed by atoms with Crippen LogP contribution in [0.5, 0.6) is 0 Å². The first-order chi connectivity index (χ1) is 7.25. The topological polar surface area (TPSA) is 44.1 Å². The Bertz CT molecular complexity index is 385. The van der Waals surface area contributed by atoms with E-state index in [-0.39, 0.29) is 10.7 Å². The van der Waals surface area contributed by atoms with Crippen molar-refractivity contribution in [3.8, 4) is 0 Å². The molecule has 0 aromatic carbocycles. The zero-order chi connectivity index (χ0) is 10.7. The van der Waals surface area contributed by atoms with E-state index in [4.69, 9.17) is 16.3 Å². The molecule has 1 saturated heterocycles.